The number of fused-ring (bicyclic) bond motifs is 3. The fraction of sp³-hybridized carbons (Fsp3) is 0.118. The first kappa shape index (κ1) is 18.3. The molecule has 0 N–H and O–H groups in total. The van der Waals surface area contributed by atoms with Gasteiger partial charge in [-0.15, -0.1) is 10.2 Å². The number of aryl methyl sites for hydroxylation is 1. The van der Waals surface area contributed by atoms with Crippen molar-refractivity contribution in [2.45, 2.75) is 13.1 Å². The SMILES string of the molecule is Cc1nc(-c2cc(Cl)ccc2Cl)n2c1nnc1c(Cl)cc(C(F)(F)F)cc12. The van der Waals surface area contributed by atoms with Gasteiger partial charge in [0.15, 0.2) is 5.65 Å². The molecular formula is C17H8Cl3F3N4. The molecule has 2 aromatic carbocycles. The molecule has 0 amide bonds. The van der Waals surface area contributed by atoms with Gasteiger partial charge in [-0.1, -0.05) is 34.8 Å². The normalized spacial score (nSPS) is 12.3. The van der Waals surface area contributed by atoms with Gasteiger partial charge in [0.05, 0.1) is 26.8 Å². The predicted octanol–water partition coefficient (Wildman–Crippen LogP) is 6.23. The topological polar surface area (TPSA) is 43.1 Å². The van der Waals surface area contributed by atoms with Gasteiger partial charge in [0.2, 0.25) is 0 Å². The minimum Gasteiger partial charge on any atom is -0.273 e. The molecule has 10 heteroatoms. The van der Waals surface area contributed by atoms with E-state index in [4.69, 9.17) is 34.8 Å². The Hall–Kier alpha value is -2.09. The highest BCUT2D eigenvalue weighted by Crippen LogP contribution is 2.37. The van der Waals surface area contributed by atoms with Crippen molar-refractivity contribution in [1.29, 1.82) is 0 Å². The molecule has 4 rings (SSSR count). The summed E-state index contributed by atoms with van der Waals surface area (Å²) >= 11 is 18.4. The summed E-state index contributed by atoms with van der Waals surface area (Å²) in [5.74, 6) is 0.297. The van der Waals surface area contributed by atoms with Gasteiger partial charge in [0.25, 0.3) is 0 Å². The maximum atomic E-state index is 13.3. The Labute approximate surface area is 165 Å². The number of nitrogens with zero attached hydrogens (tertiary/aromatic N) is 4. The summed E-state index contributed by atoms with van der Waals surface area (Å²) in [6, 6.07) is 6.55. The molecule has 2 heterocycles. The molecule has 4 nitrogen and oxygen atoms in total. The Bertz CT molecular complexity index is 1220. The second-order valence-corrected chi connectivity index (χ2v) is 7.08. The van der Waals surface area contributed by atoms with Gasteiger partial charge >= 0.3 is 6.18 Å². The van der Waals surface area contributed by atoms with E-state index in [0.29, 0.717) is 32.8 Å². The van der Waals surface area contributed by atoms with Crippen molar-refractivity contribution in [2.75, 3.05) is 0 Å². The molecule has 4 aromatic rings. The first-order valence-corrected chi connectivity index (χ1v) is 8.68. The van der Waals surface area contributed by atoms with Crippen LogP contribution in [0, 0.1) is 6.92 Å². The number of hydrogen-bond acceptors (Lipinski definition) is 3. The van der Waals surface area contributed by atoms with Gasteiger partial charge in [-0.2, -0.15) is 13.2 Å². The van der Waals surface area contributed by atoms with Crippen LogP contribution in [0.25, 0.3) is 28.1 Å². The molecule has 0 saturated carbocycles. The summed E-state index contributed by atoms with van der Waals surface area (Å²) < 4.78 is 41.3. The van der Waals surface area contributed by atoms with Crippen LogP contribution in [0.1, 0.15) is 11.3 Å². The molecule has 0 aliphatic rings. The lowest BCUT2D eigenvalue weighted by Gasteiger charge is -2.11. The molecule has 0 radical (unpaired) electrons. The van der Waals surface area contributed by atoms with E-state index in [2.05, 4.69) is 15.2 Å². The van der Waals surface area contributed by atoms with Crippen molar-refractivity contribution in [1.82, 2.24) is 19.6 Å². The number of imidazole rings is 1. The van der Waals surface area contributed by atoms with Crippen LogP contribution in [0.3, 0.4) is 0 Å². The second-order valence-electron chi connectivity index (χ2n) is 5.83. The van der Waals surface area contributed by atoms with E-state index in [1.54, 1.807) is 25.1 Å². The third kappa shape index (κ3) is 2.99. The van der Waals surface area contributed by atoms with E-state index in [1.165, 1.54) is 4.40 Å². The van der Waals surface area contributed by atoms with Crippen molar-refractivity contribution in [3.8, 4) is 11.4 Å². The minimum absolute atomic E-state index is 0.117. The second kappa shape index (κ2) is 6.22. The van der Waals surface area contributed by atoms with Gasteiger partial charge in [-0.25, -0.2) is 4.98 Å². The zero-order valence-corrected chi connectivity index (χ0v) is 15.7. The van der Waals surface area contributed by atoms with Crippen molar-refractivity contribution in [2.24, 2.45) is 0 Å². The zero-order chi connectivity index (χ0) is 19.5. The highest BCUT2D eigenvalue weighted by atomic mass is 35.5. The Morgan fingerprint density at radius 3 is 2.41 bits per heavy atom. The largest absolute Gasteiger partial charge is 0.416 e. The highest BCUT2D eigenvalue weighted by molar-refractivity contribution is 6.35. The van der Waals surface area contributed by atoms with Crippen LogP contribution in [0.15, 0.2) is 30.3 Å². The first-order valence-electron chi connectivity index (χ1n) is 7.54. The lowest BCUT2D eigenvalue weighted by molar-refractivity contribution is -0.137. The third-order valence-corrected chi connectivity index (χ3v) is 4.90. The number of hydrogen-bond donors (Lipinski definition) is 0. The lowest BCUT2D eigenvalue weighted by atomic mass is 10.1. The Kier molecular flexibility index (Phi) is 4.21. The smallest absolute Gasteiger partial charge is 0.273 e. The molecule has 0 spiro atoms. The fourth-order valence-corrected chi connectivity index (χ4v) is 3.46. The Morgan fingerprint density at radius 2 is 1.70 bits per heavy atom. The van der Waals surface area contributed by atoms with Crippen LogP contribution >= 0.6 is 34.8 Å². The number of benzene rings is 2. The summed E-state index contributed by atoms with van der Waals surface area (Å²) in [5, 5.41) is 8.62. The van der Waals surface area contributed by atoms with Gasteiger partial charge in [-0.3, -0.25) is 4.40 Å². The minimum atomic E-state index is -4.57. The van der Waals surface area contributed by atoms with Crippen molar-refractivity contribution in [3.63, 3.8) is 0 Å². The van der Waals surface area contributed by atoms with Crippen LogP contribution in [0.2, 0.25) is 15.1 Å². The molecule has 0 atom stereocenters. The molecule has 0 bridgehead atoms. The van der Waals surface area contributed by atoms with Crippen molar-refractivity contribution in [3.05, 3.63) is 56.7 Å². The zero-order valence-electron chi connectivity index (χ0n) is 13.4. The van der Waals surface area contributed by atoms with Gasteiger partial charge < -0.3 is 0 Å². The maximum absolute atomic E-state index is 13.3. The molecule has 0 unspecified atom stereocenters. The lowest BCUT2D eigenvalue weighted by Crippen LogP contribution is -2.07. The first-order chi connectivity index (χ1) is 12.7. The molecule has 138 valence electrons. The maximum Gasteiger partial charge on any atom is 0.416 e. The van der Waals surface area contributed by atoms with Crippen LogP contribution < -0.4 is 0 Å². The molecular weight excluding hydrogens is 424 g/mol. The molecule has 0 saturated heterocycles. The van der Waals surface area contributed by atoms with Crippen LogP contribution in [0.4, 0.5) is 13.2 Å². The number of alkyl halides is 3. The predicted molar refractivity (Wildman–Crippen MR) is 98.5 cm³/mol. The van der Waals surface area contributed by atoms with Crippen LogP contribution in [0.5, 0.6) is 0 Å². The summed E-state index contributed by atoms with van der Waals surface area (Å²) in [4.78, 5) is 4.43. The molecule has 2 aromatic heterocycles. The highest BCUT2D eigenvalue weighted by Gasteiger charge is 2.32. The summed E-state index contributed by atoms with van der Waals surface area (Å²) in [6.07, 6.45) is -4.57. The standard InChI is InChI=1S/C17H8Cl3F3N4/c1-7-15-26-25-14-12(20)4-8(17(21,22)23)5-13(14)27(15)16(24-7)10-6-9(18)2-3-11(10)19/h2-6H,1H3. The average Bonchev–Trinajstić information content (AvgIpc) is 2.93. The van der Waals surface area contributed by atoms with Crippen LogP contribution in [-0.4, -0.2) is 19.6 Å². The molecule has 0 fully saturated rings. The van der Waals surface area contributed by atoms with E-state index >= 15 is 0 Å². The van der Waals surface area contributed by atoms with Crippen LogP contribution in [-0.2, 0) is 6.18 Å². The fourth-order valence-electron chi connectivity index (χ4n) is 2.83. The monoisotopic (exact) mass is 430 g/mol. The number of aromatic nitrogens is 4. The van der Waals surface area contributed by atoms with E-state index < -0.39 is 11.7 Å². The summed E-state index contributed by atoms with van der Waals surface area (Å²) in [6.45, 7) is 1.67. The van der Waals surface area contributed by atoms with E-state index in [1.807, 2.05) is 0 Å². The van der Waals surface area contributed by atoms with E-state index in [9.17, 15) is 13.2 Å². The Morgan fingerprint density at radius 1 is 0.963 bits per heavy atom. The molecule has 0 aliphatic carbocycles. The van der Waals surface area contributed by atoms with Gasteiger partial charge in [0.1, 0.15) is 11.3 Å². The van der Waals surface area contributed by atoms with Gasteiger partial charge in [-0.05, 0) is 37.3 Å². The van der Waals surface area contributed by atoms with E-state index in [-0.39, 0.29) is 16.1 Å². The van der Waals surface area contributed by atoms with Crippen molar-refractivity contribution >= 4 is 51.5 Å². The molecule has 27 heavy (non-hydrogen) atoms. The Balaban J connectivity index is 2.18. The summed E-state index contributed by atoms with van der Waals surface area (Å²) in [5.41, 5.74) is 0.562. The number of halogens is 6. The van der Waals surface area contributed by atoms with E-state index in [0.717, 1.165) is 12.1 Å². The number of rotatable bonds is 1. The van der Waals surface area contributed by atoms with Crippen molar-refractivity contribution < 1.29 is 13.2 Å². The quantitative estimate of drug-likeness (QED) is 0.359. The third-order valence-electron chi connectivity index (χ3n) is 4.05. The average molecular weight is 432 g/mol. The molecule has 0 aliphatic heterocycles. The van der Waals surface area contributed by atoms with Gasteiger partial charge in [0, 0.05) is 10.6 Å². The summed E-state index contributed by atoms with van der Waals surface area (Å²) in [7, 11) is 0.